The minimum absolute atomic E-state index is 0.151. The van der Waals surface area contributed by atoms with Crippen molar-refractivity contribution in [2.45, 2.75) is 26.7 Å². The van der Waals surface area contributed by atoms with Crippen molar-refractivity contribution in [3.05, 3.63) is 34.7 Å². The van der Waals surface area contributed by atoms with E-state index in [1.54, 1.807) is 6.08 Å². The fraction of sp³-hybridized carbons (Fsp3) is 0.333. The van der Waals surface area contributed by atoms with Gasteiger partial charge in [0.2, 0.25) is 0 Å². The monoisotopic (exact) mass is 237 g/mol. The molecular weight excluding hydrogens is 222 g/mol. The molecule has 0 fully saturated rings. The summed E-state index contributed by atoms with van der Waals surface area (Å²) in [6.45, 7) is 3.72. The molecule has 1 heterocycles. The first-order valence-corrected chi connectivity index (χ1v) is 5.39. The summed E-state index contributed by atoms with van der Waals surface area (Å²) >= 11 is 0. The molecule has 1 aliphatic heterocycles. The van der Waals surface area contributed by atoms with Gasteiger partial charge in [-0.2, -0.15) is 0 Å². The molecule has 5 nitrogen and oxygen atoms in total. The molecule has 0 radical (unpaired) electrons. The van der Waals surface area contributed by atoms with Crippen LogP contribution < -0.4 is 5.32 Å². The summed E-state index contributed by atoms with van der Waals surface area (Å²) in [6.07, 6.45) is 4.32. The molecule has 92 valence electrons. The van der Waals surface area contributed by atoms with E-state index in [0.717, 1.165) is 5.57 Å². The van der Waals surface area contributed by atoms with E-state index in [1.807, 2.05) is 13.8 Å². The van der Waals surface area contributed by atoms with Gasteiger partial charge in [-0.3, -0.25) is 0 Å². The molecular formula is C12H15NO4. The van der Waals surface area contributed by atoms with Crippen LogP contribution in [-0.2, 0) is 9.59 Å². The molecule has 17 heavy (non-hydrogen) atoms. The SMILES string of the molecule is CCC1=C(CC)C(C(=O)O)=C(C(=O)O)NC=C1. The molecule has 0 aromatic rings. The third-order valence-corrected chi connectivity index (χ3v) is 2.61. The number of hydrogen-bond acceptors (Lipinski definition) is 3. The Balaban J connectivity index is 3.51. The highest BCUT2D eigenvalue weighted by molar-refractivity contribution is 6.02. The number of rotatable bonds is 4. The van der Waals surface area contributed by atoms with Crippen LogP contribution in [0.5, 0.6) is 0 Å². The van der Waals surface area contributed by atoms with Crippen molar-refractivity contribution >= 4 is 11.9 Å². The molecule has 0 amide bonds. The van der Waals surface area contributed by atoms with Crippen LogP contribution in [0.1, 0.15) is 26.7 Å². The molecule has 1 rings (SSSR count). The van der Waals surface area contributed by atoms with Crippen molar-refractivity contribution in [1.29, 1.82) is 0 Å². The molecule has 1 aliphatic rings. The third-order valence-electron chi connectivity index (χ3n) is 2.61. The second-order valence-corrected chi connectivity index (χ2v) is 3.55. The predicted molar refractivity (Wildman–Crippen MR) is 62.2 cm³/mol. The molecule has 0 unspecified atom stereocenters. The van der Waals surface area contributed by atoms with Crippen LogP contribution in [0.2, 0.25) is 0 Å². The zero-order valence-corrected chi connectivity index (χ0v) is 9.78. The standard InChI is InChI=1S/C12H15NO4/c1-3-7-5-6-13-10(12(16)17)9(11(14)15)8(7)4-2/h5-6,13H,3-4H2,1-2H3,(H,14,15)(H,16,17). The van der Waals surface area contributed by atoms with Gasteiger partial charge < -0.3 is 15.5 Å². The fourth-order valence-electron chi connectivity index (χ4n) is 1.85. The molecule has 0 saturated heterocycles. The Morgan fingerprint density at radius 2 is 1.82 bits per heavy atom. The second kappa shape index (κ2) is 5.34. The van der Waals surface area contributed by atoms with E-state index in [9.17, 15) is 14.7 Å². The lowest BCUT2D eigenvalue weighted by Crippen LogP contribution is -2.21. The van der Waals surface area contributed by atoms with E-state index in [-0.39, 0.29) is 11.3 Å². The van der Waals surface area contributed by atoms with Gasteiger partial charge in [-0.15, -0.1) is 0 Å². The third kappa shape index (κ3) is 2.55. The summed E-state index contributed by atoms with van der Waals surface area (Å²) in [4.78, 5) is 22.3. The minimum atomic E-state index is -1.27. The van der Waals surface area contributed by atoms with Gasteiger partial charge in [0.1, 0.15) is 5.70 Å². The average molecular weight is 237 g/mol. The molecule has 5 heteroatoms. The van der Waals surface area contributed by atoms with Crippen molar-refractivity contribution in [3.63, 3.8) is 0 Å². The van der Waals surface area contributed by atoms with Crippen LogP contribution in [0.15, 0.2) is 34.7 Å². The van der Waals surface area contributed by atoms with Gasteiger partial charge in [-0.25, -0.2) is 9.59 Å². The van der Waals surface area contributed by atoms with Crippen molar-refractivity contribution in [2.75, 3.05) is 0 Å². The molecule has 0 aromatic carbocycles. The number of carbonyl (C=O) groups is 2. The van der Waals surface area contributed by atoms with E-state index in [1.165, 1.54) is 6.20 Å². The number of allylic oxidation sites excluding steroid dienone is 2. The van der Waals surface area contributed by atoms with Crippen LogP contribution in [0.25, 0.3) is 0 Å². The van der Waals surface area contributed by atoms with Crippen molar-refractivity contribution in [1.82, 2.24) is 5.32 Å². The average Bonchev–Trinajstić information content (AvgIpc) is 2.46. The number of carboxylic acids is 2. The van der Waals surface area contributed by atoms with Crippen LogP contribution in [0.4, 0.5) is 0 Å². The van der Waals surface area contributed by atoms with Gasteiger partial charge >= 0.3 is 11.9 Å². The molecule has 0 bridgehead atoms. The van der Waals surface area contributed by atoms with Crippen molar-refractivity contribution in [3.8, 4) is 0 Å². The molecule has 0 aromatic heterocycles. The maximum absolute atomic E-state index is 11.2. The Morgan fingerprint density at radius 1 is 1.18 bits per heavy atom. The van der Waals surface area contributed by atoms with E-state index in [2.05, 4.69) is 5.32 Å². The molecule has 0 saturated carbocycles. The summed E-state index contributed by atoms with van der Waals surface area (Å²) in [5, 5.41) is 20.7. The highest BCUT2D eigenvalue weighted by Crippen LogP contribution is 2.26. The fourth-order valence-corrected chi connectivity index (χ4v) is 1.85. The van der Waals surface area contributed by atoms with Gasteiger partial charge in [-0.1, -0.05) is 13.8 Å². The molecule has 0 spiro atoms. The zero-order chi connectivity index (χ0) is 13.0. The van der Waals surface area contributed by atoms with Gasteiger partial charge in [0.05, 0.1) is 5.57 Å². The number of nitrogens with one attached hydrogen (secondary N) is 1. The zero-order valence-electron chi connectivity index (χ0n) is 9.78. The van der Waals surface area contributed by atoms with Gasteiger partial charge in [0.15, 0.2) is 0 Å². The molecule has 0 atom stereocenters. The molecule has 3 N–H and O–H groups in total. The highest BCUT2D eigenvalue weighted by atomic mass is 16.4. The van der Waals surface area contributed by atoms with E-state index in [0.29, 0.717) is 18.4 Å². The Kier molecular flexibility index (Phi) is 4.09. The van der Waals surface area contributed by atoms with Gasteiger partial charge in [0, 0.05) is 6.20 Å². The Bertz CT molecular complexity index is 443. The van der Waals surface area contributed by atoms with Crippen LogP contribution in [0, 0.1) is 0 Å². The smallest absolute Gasteiger partial charge is 0.353 e. The first-order chi connectivity index (χ1) is 8.02. The van der Waals surface area contributed by atoms with E-state index < -0.39 is 11.9 Å². The maximum Gasteiger partial charge on any atom is 0.353 e. The summed E-state index contributed by atoms with van der Waals surface area (Å²) in [6, 6.07) is 0. The van der Waals surface area contributed by atoms with Crippen molar-refractivity contribution < 1.29 is 19.8 Å². The summed E-state index contributed by atoms with van der Waals surface area (Å²) in [5.41, 5.74) is 0.975. The second-order valence-electron chi connectivity index (χ2n) is 3.55. The van der Waals surface area contributed by atoms with Crippen LogP contribution in [-0.4, -0.2) is 22.2 Å². The summed E-state index contributed by atoms with van der Waals surface area (Å²) in [7, 11) is 0. The summed E-state index contributed by atoms with van der Waals surface area (Å²) in [5.74, 6) is -2.49. The topological polar surface area (TPSA) is 86.6 Å². The lowest BCUT2D eigenvalue weighted by molar-refractivity contribution is -0.136. The first kappa shape index (κ1) is 13.0. The van der Waals surface area contributed by atoms with Crippen molar-refractivity contribution in [2.24, 2.45) is 0 Å². The number of carboxylic acid groups (broad SMARTS) is 2. The maximum atomic E-state index is 11.2. The number of hydrogen-bond donors (Lipinski definition) is 3. The quantitative estimate of drug-likeness (QED) is 0.692. The lowest BCUT2D eigenvalue weighted by atomic mass is 9.95. The van der Waals surface area contributed by atoms with Gasteiger partial charge in [-0.05, 0) is 30.1 Å². The Labute approximate surface area is 99.1 Å². The first-order valence-electron chi connectivity index (χ1n) is 5.39. The van der Waals surface area contributed by atoms with E-state index in [4.69, 9.17) is 5.11 Å². The number of aliphatic carboxylic acids is 2. The Morgan fingerprint density at radius 3 is 2.24 bits per heavy atom. The highest BCUT2D eigenvalue weighted by Gasteiger charge is 2.25. The van der Waals surface area contributed by atoms with Gasteiger partial charge in [0.25, 0.3) is 0 Å². The Hall–Kier alpha value is -2.04. The van der Waals surface area contributed by atoms with Crippen LogP contribution in [0.3, 0.4) is 0 Å². The summed E-state index contributed by atoms with van der Waals surface area (Å²) < 4.78 is 0. The van der Waals surface area contributed by atoms with Crippen LogP contribution >= 0.6 is 0 Å². The largest absolute Gasteiger partial charge is 0.478 e. The normalized spacial score (nSPS) is 15.6. The molecule has 0 aliphatic carbocycles. The predicted octanol–water partition coefficient (Wildman–Crippen LogP) is 1.64. The minimum Gasteiger partial charge on any atom is -0.478 e. The lowest BCUT2D eigenvalue weighted by Gasteiger charge is -2.11. The van der Waals surface area contributed by atoms with E-state index >= 15 is 0 Å².